The van der Waals surface area contributed by atoms with Gasteiger partial charge in [-0.05, 0) is 32.9 Å². The van der Waals surface area contributed by atoms with Crippen molar-refractivity contribution in [2.45, 2.75) is 45.0 Å². The Morgan fingerprint density at radius 3 is 2.44 bits per heavy atom. The normalized spacial score (nSPS) is 17.5. The Kier molecular flexibility index (Phi) is 4.45. The molecule has 1 rings (SSSR count). The lowest BCUT2D eigenvalue weighted by molar-refractivity contribution is -0.139. The van der Waals surface area contributed by atoms with Crippen molar-refractivity contribution in [3.8, 4) is 0 Å². The molecule has 1 aromatic rings. The molecule has 0 saturated carbocycles. The average molecular weight is 265 g/mol. The summed E-state index contributed by atoms with van der Waals surface area (Å²) in [5.41, 5.74) is -1.33. The molecule has 0 aliphatic heterocycles. The predicted molar refractivity (Wildman–Crippen MR) is 61.2 cm³/mol. The van der Waals surface area contributed by atoms with Crippen molar-refractivity contribution >= 4 is 0 Å². The van der Waals surface area contributed by atoms with Crippen molar-refractivity contribution in [1.29, 1.82) is 0 Å². The third-order valence-electron chi connectivity index (χ3n) is 2.60. The molecule has 3 nitrogen and oxygen atoms in total. The molecule has 0 radical (unpaired) electrons. The fraction of sp³-hybridized carbons (Fsp3) is 0.667. The van der Waals surface area contributed by atoms with Crippen LogP contribution < -0.4 is 5.32 Å². The second-order valence-electron chi connectivity index (χ2n) is 4.79. The molecule has 1 heterocycles. The van der Waals surface area contributed by atoms with Crippen LogP contribution in [0.25, 0.3) is 0 Å². The summed E-state index contributed by atoms with van der Waals surface area (Å²) in [5, 5.41) is 12.8. The Bertz CT molecular complexity index is 385. The van der Waals surface area contributed by atoms with Crippen LogP contribution in [0.15, 0.2) is 16.5 Å². The number of hydrogen-bond acceptors (Lipinski definition) is 3. The minimum absolute atomic E-state index is 0.00278. The van der Waals surface area contributed by atoms with Gasteiger partial charge < -0.3 is 14.8 Å². The first-order chi connectivity index (χ1) is 8.10. The van der Waals surface area contributed by atoms with Crippen molar-refractivity contribution in [1.82, 2.24) is 5.32 Å². The van der Waals surface area contributed by atoms with Crippen LogP contribution in [0.1, 0.15) is 31.8 Å². The lowest BCUT2D eigenvalue weighted by Gasteiger charge is -2.24. The molecule has 0 saturated heterocycles. The van der Waals surface area contributed by atoms with Gasteiger partial charge in [0, 0.05) is 12.6 Å². The number of nitrogens with one attached hydrogen (secondary N) is 1. The smallest absolute Gasteiger partial charge is 0.390 e. The third-order valence-corrected chi connectivity index (χ3v) is 2.60. The second-order valence-corrected chi connectivity index (χ2v) is 4.79. The van der Waals surface area contributed by atoms with Crippen LogP contribution in [0.5, 0.6) is 0 Å². The maximum absolute atomic E-state index is 12.1. The van der Waals surface area contributed by atoms with E-state index in [0.717, 1.165) is 0 Å². The minimum atomic E-state index is -4.21. The van der Waals surface area contributed by atoms with Gasteiger partial charge in [0.2, 0.25) is 0 Å². The Balaban J connectivity index is 2.52. The Morgan fingerprint density at radius 2 is 2.00 bits per heavy atom. The number of alkyl halides is 3. The molecular weight excluding hydrogens is 247 g/mol. The fourth-order valence-corrected chi connectivity index (χ4v) is 1.60. The highest BCUT2D eigenvalue weighted by atomic mass is 19.4. The van der Waals surface area contributed by atoms with Crippen molar-refractivity contribution in [2.75, 3.05) is 6.54 Å². The van der Waals surface area contributed by atoms with Crippen molar-refractivity contribution in [3.05, 3.63) is 23.7 Å². The maximum atomic E-state index is 12.1. The summed E-state index contributed by atoms with van der Waals surface area (Å²) < 4.78 is 41.7. The molecular formula is C12H18F3NO2. The zero-order chi connectivity index (χ0) is 14.0. The Labute approximate surface area is 104 Å². The molecule has 0 spiro atoms. The van der Waals surface area contributed by atoms with E-state index >= 15 is 0 Å². The molecule has 104 valence electrons. The van der Waals surface area contributed by atoms with Crippen LogP contribution in [0.3, 0.4) is 0 Å². The zero-order valence-corrected chi connectivity index (χ0v) is 10.6. The summed E-state index contributed by atoms with van der Waals surface area (Å²) in [5.74, 6) is 0.986. The van der Waals surface area contributed by atoms with E-state index in [1.165, 1.54) is 13.8 Å². The lowest BCUT2D eigenvalue weighted by Crippen LogP contribution is -2.41. The average Bonchev–Trinajstić information content (AvgIpc) is 2.60. The lowest BCUT2D eigenvalue weighted by atomic mass is 10.0. The first kappa shape index (κ1) is 15.0. The van der Waals surface area contributed by atoms with Crippen molar-refractivity contribution in [3.63, 3.8) is 0 Å². The topological polar surface area (TPSA) is 45.4 Å². The van der Waals surface area contributed by atoms with Crippen LogP contribution in [-0.4, -0.2) is 23.9 Å². The minimum Gasteiger partial charge on any atom is -0.463 e. The molecule has 0 bridgehead atoms. The van der Waals surface area contributed by atoms with E-state index in [0.29, 0.717) is 11.5 Å². The van der Waals surface area contributed by atoms with Gasteiger partial charge >= 0.3 is 6.18 Å². The molecule has 1 aromatic heterocycles. The van der Waals surface area contributed by atoms with Gasteiger partial charge in [-0.25, -0.2) is 0 Å². The molecule has 0 fully saturated rings. The number of rotatable bonds is 5. The molecule has 6 heteroatoms. The van der Waals surface area contributed by atoms with Crippen LogP contribution in [0, 0.1) is 6.92 Å². The molecule has 2 atom stereocenters. The van der Waals surface area contributed by atoms with E-state index < -0.39 is 24.2 Å². The first-order valence-corrected chi connectivity index (χ1v) is 5.69. The van der Waals surface area contributed by atoms with Gasteiger partial charge in [-0.3, -0.25) is 0 Å². The fourth-order valence-electron chi connectivity index (χ4n) is 1.60. The summed E-state index contributed by atoms with van der Waals surface area (Å²) in [6.07, 6.45) is -5.14. The van der Waals surface area contributed by atoms with E-state index in [4.69, 9.17) is 4.42 Å². The summed E-state index contributed by atoms with van der Waals surface area (Å²) in [6, 6.07) is 2.56. The van der Waals surface area contributed by atoms with E-state index in [2.05, 4.69) is 5.32 Å². The van der Waals surface area contributed by atoms with Crippen molar-refractivity contribution in [2.24, 2.45) is 0 Å². The molecule has 0 amide bonds. The first-order valence-electron chi connectivity index (χ1n) is 5.69. The van der Waals surface area contributed by atoms with Gasteiger partial charge in [-0.2, -0.15) is 13.2 Å². The van der Waals surface area contributed by atoms with Gasteiger partial charge in [-0.1, -0.05) is 0 Å². The highest BCUT2D eigenvalue weighted by Gasteiger charge is 2.32. The predicted octanol–water partition coefficient (Wildman–Crippen LogP) is 2.73. The number of halogens is 3. The number of hydrogen-bond donors (Lipinski definition) is 2. The van der Waals surface area contributed by atoms with Gasteiger partial charge in [0.05, 0.1) is 6.42 Å². The van der Waals surface area contributed by atoms with E-state index in [1.54, 1.807) is 19.1 Å². The van der Waals surface area contributed by atoms with Crippen LogP contribution in [0.4, 0.5) is 13.2 Å². The largest absolute Gasteiger partial charge is 0.463 e. The van der Waals surface area contributed by atoms with Crippen molar-refractivity contribution < 1.29 is 22.7 Å². The van der Waals surface area contributed by atoms with Crippen LogP contribution in [-0.2, 0) is 5.60 Å². The van der Waals surface area contributed by atoms with Gasteiger partial charge in [0.25, 0.3) is 0 Å². The summed E-state index contributed by atoms with van der Waals surface area (Å²) in [6.45, 7) is 4.66. The number of aliphatic hydroxyl groups is 1. The summed E-state index contributed by atoms with van der Waals surface area (Å²) in [7, 11) is 0. The summed E-state index contributed by atoms with van der Waals surface area (Å²) in [4.78, 5) is 0. The monoisotopic (exact) mass is 265 g/mol. The highest BCUT2D eigenvalue weighted by molar-refractivity contribution is 5.12. The Hall–Kier alpha value is -1.01. The zero-order valence-electron chi connectivity index (χ0n) is 10.6. The second kappa shape index (κ2) is 5.32. The molecule has 0 aliphatic rings. The van der Waals surface area contributed by atoms with E-state index in [-0.39, 0.29) is 6.54 Å². The molecule has 0 aliphatic carbocycles. The third kappa shape index (κ3) is 4.70. The van der Waals surface area contributed by atoms with Gasteiger partial charge in [0.1, 0.15) is 17.1 Å². The number of furan rings is 1. The molecule has 0 aromatic carbocycles. The number of aryl methyl sites for hydroxylation is 1. The van der Waals surface area contributed by atoms with Gasteiger partial charge in [0.15, 0.2) is 0 Å². The van der Waals surface area contributed by atoms with Crippen LogP contribution >= 0.6 is 0 Å². The molecule has 2 unspecified atom stereocenters. The highest BCUT2D eigenvalue weighted by Crippen LogP contribution is 2.24. The SMILES string of the molecule is Cc1ccc(C(C)(O)CNC(C)CC(F)(F)F)o1. The van der Waals surface area contributed by atoms with E-state index in [9.17, 15) is 18.3 Å². The van der Waals surface area contributed by atoms with E-state index in [1.807, 2.05) is 0 Å². The summed E-state index contributed by atoms with van der Waals surface area (Å²) >= 11 is 0. The standard InChI is InChI=1S/C12H18F3NO2/c1-8(6-12(13,14)15)16-7-11(3,17)10-5-4-9(2)18-10/h4-5,8,16-17H,6-7H2,1-3H3. The van der Waals surface area contributed by atoms with Gasteiger partial charge in [-0.15, -0.1) is 0 Å². The quantitative estimate of drug-likeness (QED) is 0.860. The maximum Gasteiger partial charge on any atom is 0.390 e. The Morgan fingerprint density at radius 1 is 1.39 bits per heavy atom. The molecule has 18 heavy (non-hydrogen) atoms. The van der Waals surface area contributed by atoms with Crippen LogP contribution in [0.2, 0.25) is 0 Å². The molecule has 2 N–H and O–H groups in total.